The Labute approximate surface area is 222 Å². The Morgan fingerprint density at radius 3 is 2.55 bits per heavy atom. The molecule has 1 saturated heterocycles. The third-order valence-electron chi connectivity index (χ3n) is 6.58. The summed E-state index contributed by atoms with van der Waals surface area (Å²) in [5.41, 5.74) is 1.21. The van der Waals surface area contributed by atoms with Crippen molar-refractivity contribution >= 4 is 33.5 Å². The Morgan fingerprint density at radius 2 is 1.87 bits per heavy atom. The van der Waals surface area contributed by atoms with E-state index in [1.165, 1.54) is 12.1 Å². The number of carbonyl (C=O) groups is 2. The largest absolute Gasteiger partial charge is 0.481 e. The first-order chi connectivity index (χ1) is 18.3. The first-order valence-corrected chi connectivity index (χ1v) is 14.3. The second-order valence-electron chi connectivity index (χ2n) is 9.43. The number of nitrogens with one attached hydrogen (secondary N) is 4. The van der Waals surface area contributed by atoms with Crippen LogP contribution in [-0.4, -0.2) is 70.2 Å². The van der Waals surface area contributed by atoms with Crippen LogP contribution in [0.5, 0.6) is 0 Å². The lowest BCUT2D eigenvalue weighted by molar-refractivity contribution is -0.137. The van der Waals surface area contributed by atoms with Gasteiger partial charge < -0.3 is 26.0 Å². The SMILES string of the molecule is O=C(O)CC(NC(=O)c1cccc(N2CCC(CNC3=NCCCN3)CC2)c1)NS(=O)(=O)c1ccccc1. The lowest BCUT2D eigenvalue weighted by Crippen LogP contribution is -2.49. The van der Waals surface area contributed by atoms with Gasteiger partial charge >= 0.3 is 5.97 Å². The molecular weight excluding hydrogens is 508 g/mol. The fraction of sp³-hybridized carbons (Fsp3) is 0.423. The summed E-state index contributed by atoms with van der Waals surface area (Å²) in [7, 11) is -4.03. The van der Waals surface area contributed by atoms with Gasteiger partial charge in [-0.2, -0.15) is 4.72 Å². The normalized spacial score (nSPS) is 17.2. The summed E-state index contributed by atoms with van der Waals surface area (Å²) < 4.78 is 27.7. The molecule has 12 heteroatoms. The fourth-order valence-corrected chi connectivity index (χ4v) is 5.69. The van der Waals surface area contributed by atoms with E-state index in [0.29, 0.717) is 11.5 Å². The molecular formula is C26H34N6O5S. The molecule has 38 heavy (non-hydrogen) atoms. The van der Waals surface area contributed by atoms with Crippen LogP contribution in [-0.2, 0) is 14.8 Å². The molecule has 1 amide bonds. The first-order valence-electron chi connectivity index (χ1n) is 12.8. The number of sulfonamides is 1. The van der Waals surface area contributed by atoms with Gasteiger partial charge in [0.1, 0.15) is 6.17 Å². The number of carbonyl (C=O) groups excluding carboxylic acids is 1. The average Bonchev–Trinajstić information content (AvgIpc) is 2.93. The Morgan fingerprint density at radius 1 is 1.11 bits per heavy atom. The van der Waals surface area contributed by atoms with Crippen LogP contribution in [0.2, 0.25) is 0 Å². The van der Waals surface area contributed by atoms with Crippen LogP contribution in [0.1, 0.15) is 36.0 Å². The lowest BCUT2D eigenvalue weighted by Gasteiger charge is -2.34. The number of rotatable bonds is 10. The van der Waals surface area contributed by atoms with Crippen molar-refractivity contribution in [3.05, 3.63) is 60.2 Å². The minimum Gasteiger partial charge on any atom is -0.481 e. The second-order valence-corrected chi connectivity index (χ2v) is 11.1. The van der Waals surface area contributed by atoms with E-state index in [0.717, 1.165) is 63.6 Å². The number of carboxylic acids is 1. The van der Waals surface area contributed by atoms with Crippen LogP contribution < -0.4 is 25.6 Å². The molecule has 2 aliphatic rings. The van der Waals surface area contributed by atoms with Gasteiger partial charge in [-0.3, -0.25) is 14.6 Å². The van der Waals surface area contributed by atoms with Crippen molar-refractivity contribution in [2.75, 3.05) is 37.6 Å². The second kappa shape index (κ2) is 12.7. The number of aliphatic carboxylic acids is 1. The molecule has 0 spiro atoms. The Balaban J connectivity index is 1.35. The third kappa shape index (κ3) is 7.68. The Kier molecular flexibility index (Phi) is 9.19. The molecule has 0 radical (unpaired) electrons. The van der Waals surface area contributed by atoms with Crippen molar-refractivity contribution < 1.29 is 23.1 Å². The van der Waals surface area contributed by atoms with Crippen LogP contribution in [0.4, 0.5) is 5.69 Å². The summed E-state index contributed by atoms with van der Waals surface area (Å²) in [6, 6.07) is 14.7. The molecule has 2 aromatic rings. The van der Waals surface area contributed by atoms with E-state index in [2.05, 4.69) is 30.6 Å². The number of benzene rings is 2. The molecule has 11 nitrogen and oxygen atoms in total. The minimum atomic E-state index is -4.03. The molecule has 0 saturated carbocycles. The number of aliphatic imine (C=N–C) groups is 1. The highest BCUT2D eigenvalue weighted by Gasteiger charge is 2.25. The van der Waals surface area contributed by atoms with Crippen LogP contribution >= 0.6 is 0 Å². The number of hydrogen-bond acceptors (Lipinski definition) is 8. The summed E-state index contributed by atoms with van der Waals surface area (Å²) in [6.45, 7) is 4.36. The van der Waals surface area contributed by atoms with Crippen LogP contribution in [0, 0.1) is 5.92 Å². The number of nitrogens with zero attached hydrogens (tertiary/aromatic N) is 2. The molecule has 4 rings (SSSR count). The predicted molar refractivity (Wildman–Crippen MR) is 145 cm³/mol. The zero-order valence-electron chi connectivity index (χ0n) is 21.1. The van der Waals surface area contributed by atoms with E-state index < -0.39 is 34.5 Å². The van der Waals surface area contributed by atoms with Gasteiger partial charge in [-0.1, -0.05) is 24.3 Å². The topological polar surface area (TPSA) is 152 Å². The summed E-state index contributed by atoms with van der Waals surface area (Å²) in [5, 5.41) is 18.5. The molecule has 0 bridgehead atoms. The van der Waals surface area contributed by atoms with Crippen molar-refractivity contribution in [1.82, 2.24) is 20.7 Å². The van der Waals surface area contributed by atoms with Crippen molar-refractivity contribution in [3.63, 3.8) is 0 Å². The molecule has 2 aromatic carbocycles. The molecule has 1 fully saturated rings. The van der Waals surface area contributed by atoms with Crippen molar-refractivity contribution in [2.24, 2.45) is 10.9 Å². The summed E-state index contributed by atoms with van der Waals surface area (Å²) >= 11 is 0. The quantitative estimate of drug-likeness (QED) is 0.282. The summed E-state index contributed by atoms with van der Waals surface area (Å²) in [5.74, 6) is -0.402. The van der Waals surface area contributed by atoms with Crippen molar-refractivity contribution in [2.45, 2.75) is 36.7 Å². The third-order valence-corrected chi connectivity index (χ3v) is 8.07. The Bertz CT molecular complexity index is 1250. The van der Waals surface area contributed by atoms with E-state index >= 15 is 0 Å². The highest BCUT2D eigenvalue weighted by molar-refractivity contribution is 7.89. The van der Waals surface area contributed by atoms with Crippen molar-refractivity contribution in [3.8, 4) is 0 Å². The van der Waals surface area contributed by atoms with Gasteiger partial charge in [-0.05, 0) is 55.5 Å². The van der Waals surface area contributed by atoms with E-state index in [4.69, 9.17) is 0 Å². The van der Waals surface area contributed by atoms with Crippen LogP contribution in [0.15, 0.2) is 64.5 Å². The van der Waals surface area contributed by atoms with E-state index in [9.17, 15) is 23.1 Å². The van der Waals surface area contributed by atoms with Crippen LogP contribution in [0.25, 0.3) is 0 Å². The number of amides is 1. The zero-order valence-corrected chi connectivity index (χ0v) is 21.9. The maximum atomic E-state index is 13.0. The standard InChI is InChI=1S/C26H34N6O5S/c33-24(34)17-23(31-38(36,37)22-8-2-1-3-9-22)30-25(35)20-6-4-7-21(16-20)32-14-10-19(11-15-32)18-29-26-27-12-5-13-28-26/h1-4,6-9,16,19,23,31H,5,10-15,17-18H2,(H,30,35)(H,33,34)(H2,27,28,29). The van der Waals surface area contributed by atoms with Crippen molar-refractivity contribution in [1.29, 1.82) is 0 Å². The summed E-state index contributed by atoms with van der Waals surface area (Å²) in [6.07, 6.45) is 1.13. The average molecular weight is 543 g/mol. The van der Waals surface area contributed by atoms with E-state index in [-0.39, 0.29) is 4.90 Å². The molecule has 2 heterocycles. The van der Waals surface area contributed by atoms with Gasteiger partial charge in [-0.25, -0.2) is 8.42 Å². The van der Waals surface area contributed by atoms with Gasteiger partial charge in [0.15, 0.2) is 5.96 Å². The maximum Gasteiger partial charge on any atom is 0.306 e. The minimum absolute atomic E-state index is 0.0202. The number of carboxylic acid groups (broad SMARTS) is 1. The predicted octanol–water partition coefficient (Wildman–Crippen LogP) is 1.35. The molecule has 2 aliphatic heterocycles. The number of anilines is 1. The molecule has 1 unspecified atom stereocenters. The van der Waals surface area contributed by atoms with Gasteiger partial charge in [0.25, 0.3) is 5.91 Å². The first kappa shape index (κ1) is 27.4. The number of piperidine rings is 1. The maximum absolute atomic E-state index is 13.0. The molecule has 5 N–H and O–H groups in total. The number of hydrogen-bond donors (Lipinski definition) is 5. The van der Waals surface area contributed by atoms with Gasteiger partial charge in [0, 0.05) is 44.0 Å². The number of guanidine groups is 1. The highest BCUT2D eigenvalue weighted by Crippen LogP contribution is 2.24. The highest BCUT2D eigenvalue weighted by atomic mass is 32.2. The smallest absolute Gasteiger partial charge is 0.306 e. The van der Waals surface area contributed by atoms with E-state index in [1.54, 1.807) is 36.4 Å². The monoisotopic (exact) mass is 542 g/mol. The summed E-state index contributed by atoms with van der Waals surface area (Å²) in [4.78, 5) is 31.0. The van der Waals surface area contributed by atoms with Crippen LogP contribution in [0.3, 0.4) is 0 Å². The lowest BCUT2D eigenvalue weighted by atomic mass is 9.96. The fourth-order valence-electron chi connectivity index (χ4n) is 4.52. The Hall–Kier alpha value is -3.64. The molecule has 204 valence electrons. The molecule has 1 atom stereocenters. The van der Waals surface area contributed by atoms with Gasteiger partial charge in [0.05, 0.1) is 11.3 Å². The molecule has 0 aliphatic carbocycles. The van der Waals surface area contributed by atoms with Gasteiger partial charge in [-0.15, -0.1) is 0 Å². The zero-order chi connectivity index (χ0) is 27.0. The van der Waals surface area contributed by atoms with E-state index in [1.807, 2.05) is 6.07 Å². The molecule has 0 aromatic heterocycles. The van der Waals surface area contributed by atoms with Gasteiger partial charge in [0.2, 0.25) is 10.0 Å².